The topological polar surface area (TPSA) is 38.7 Å². The zero-order chi connectivity index (χ0) is 23.5. The van der Waals surface area contributed by atoms with Crippen LogP contribution in [0.25, 0.3) is 0 Å². The smallest absolute Gasteiger partial charge is 0.348 e. The van der Waals surface area contributed by atoms with Crippen LogP contribution in [0.5, 0.6) is 0 Å². The second kappa shape index (κ2) is 9.46. The first kappa shape index (κ1) is 24.0. The van der Waals surface area contributed by atoms with Gasteiger partial charge in [0.05, 0.1) is 17.2 Å². The van der Waals surface area contributed by atoms with E-state index in [9.17, 15) is 31.1 Å². The number of hydrogen-bond acceptors (Lipinski definition) is 3. The first-order chi connectivity index (χ1) is 15.0. The number of halogens is 6. The van der Waals surface area contributed by atoms with Gasteiger partial charge in [-0.25, -0.2) is 4.79 Å². The highest BCUT2D eigenvalue weighted by molar-refractivity contribution is 5.38. The number of rotatable bonds is 5. The number of carbonyl (C=O) groups excluding carboxylic acids is 1. The molecule has 32 heavy (non-hydrogen) atoms. The highest BCUT2D eigenvalue weighted by atomic mass is 19.4. The van der Waals surface area contributed by atoms with Gasteiger partial charge in [-0.3, -0.25) is 0 Å². The van der Waals surface area contributed by atoms with Gasteiger partial charge in [0.1, 0.15) is 0 Å². The molecule has 1 fully saturated rings. The maximum Gasteiger partial charge on any atom is 0.416 e. The minimum absolute atomic E-state index is 0.0284. The van der Waals surface area contributed by atoms with E-state index >= 15 is 0 Å². The number of nitrogens with zero attached hydrogens (tertiary/aromatic N) is 1. The predicted molar refractivity (Wildman–Crippen MR) is 104 cm³/mol. The molecular weight excluding hydrogens is 436 g/mol. The maximum absolute atomic E-state index is 13.3. The van der Waals surface area contributed by atoms with Crippen molar-refractivity contribution in [3.8, 4) is 0 Å². The third-order valence-corrected chi connectivity index (χ3v) is 5.71. The molecule has 2 aromatic rings. The summed E-state index contributed by atoms with van der Waals surface area (Å²) in [6, 6.07) is 10.4. The lowest BCUT2D eigenvalue weighted by Crippen LogP contribution is -2.32. The van der Waals surface area contributed by atoms with Crippen LogP contribution in [-0.4, -0.2) is 12.2 Å². The molecule has 0 aliphatic heterocycles. The van der Waals surface area contributed by atoms with Crippen molar-refractivity contribution in [2.24, 2.45) is 10.9 Å². The lowest BCUT2D eigenvalue weighted by Gasteiger charge is -2.38. The molecular formula is C23H21F6NO2. The molecule has 0 amide bonds. The van der Waals surface area contributed by atoms with Crippen molar-refractivity contribution in [3.05, 3.63) is 70.8 Å². The summed E-state index contributed by atoms with van der Waals surface area (Å²) in [5.41, 5.74) is -2.54. The number of benzene rings is 2. The van der Waals surface area contributed by atoms with Crippen LogP contribution in [0.2, 0.25) is 0 Å². The zero-order valence-electron chi connectivity index (χ0n) is 17.1. The molecule has 0 saturated heterocycles. The number of aliphatic imine (C=N–C) groups is 1. The van der Waals surface area contributed by atoms with E-state index in [1.54, 1.807) is 0 Å². The number of isocyanates is 1. The predicted octanol–water partition coefficient (Wildman–Crippen LogP) is 7.05. The summed E-state index contributed by atoms with van der Waals surface area (Å²) >= 11 is 0. The summed E-state index contributed by atoms with van der Waals surface area (Å²) in [6.45, 7) is 2.01. The van der Waals surface area contributed by atoms with Crippen molar-refractivity contribution < 1.29 is 35.9 Å². The van der Waals surface area contributed by atoms with E-state index in [0.29, 0.717) is 18.6 Å². The van der Waals surface area contributed by atoms with E-state index < -0.39 is 41.4 Å². The van der Waals surface area contributed by atoms with E-state index in [0.717, 1.165) is 18.4 Å². The van der Waals surface area contributed by atoms with Crippen molar-refractivity contribution >= 4 is 6.08 Å². The molecule has 0 bridgehead atoms. The second-order valence-electron chi connectivity index (χ2n) is 7.93. The largest absolute Gasteiger partial charge is 0.416 e. The molecule has 0 N–H and O–H groups in total. The standard InChI is InChI=1S/C23H21F6NO2/c1-14-6-5-9-19(20(14)15-7-3-2-4-8-15)32-21(30-13-31)16-10-17(22(24,25)26)12-18(11-16)23(27,28)29/h2-4,7-8,10-12,14,19-21H,5-6,9H2,1H3. The Balaban J connectivity index is 2.02. The van der Waals surface area contributed by atoms with Gasteiger partial charge in [-0.15, -0.1) is 0 Å². The molecule has 3 nitrogen and oxygen atoms in total. The van der Waals surface area contributed by atoms with Crippen LogP contribution in [0.15, 0.2) is 53.5 Å². The van der Waals surface area contributed by atoms with Crippen LogP contribution < -0.4 is 0 Å². The Labute approximate surface area is 181 Å². The Morgan fingerprint density at radius 2 is 1.56 bits per heavy atom. The third-order valence-electron chi connectivity index (χ3n) is 5.71. The molecule has 2 aromatic carbocycles. The van der Waals surface area contributed by atoms with Gasteiger partial charge in [0.25, 0.3) is 0 Å². The molecule has 0 spiro atoms. The van der Waals surface area contributed by atoms with Crippen molar-refractivity contribution in [3.63, 3.8) is 0 Å². The molecule has 172 valence electrons. The summed E-state index contributed by atoms with van der Waals surface area (Å²) in [6.07, 6.45) is -8.81. The van der Waals surface area contributed by atoms with Gasteiger partial charge in [-0.05, 0) is 42.5 Å². The van der Waals surface area contributed by atoms with Crippen LogP contribution in [0, 0.1) is 5.92 Å². The third kappa shape index (κ3) is 5.58. The Morgan fingerprint density at radius 3 is 2.09 bits per heavy atom. The molecule has 1 saturated carbocycles. The monoisotopic (exact) mass is 457 g/mol. The first-order valence-corrected chi connectivity index (χ1v) is 10.1. The van der Waals surface area contributed by atoms with Crippen LogP contribution >= 0.6 is 0 Å². The maximum atomic E-state index is 13.3. The van der Waals surface area contributed by atoms with Crippen molar-refractivity contribution in [2.45, 2.75) is 56.8 Å². The Kier molecular flexibility index (Phi) is 7.10. The van der Waals surface area contributed by atoms with Gasteiger partial charge in [0.2, 0.25) is 6.08 Å². The van der Waals surface area contributed by atoms with E-state index in [1.165, 1.54) is 6.08 Å². The molecule has 1 aliphatic rings. The summed E-state index contributed by atoms with van der Waals surface area (Å²) in [5.74, 6) is 0.00597. The van der Waals surface area contributed by atoms with Crippen molar-refractivity contribution in [1.29, 1.82) is 0 Å². The summed E-state index contributed by atoms with van der Waals surface area (Å²) in [4.78, 5) is 14.4. The summed E-state index contributed by atoms with van der Waals surface area (Å²) < 4.78 is 85.5. The van der Waals surface area contributed by atoms with E-state index in [4.69, 9.17) is 4.74 Å². The van der Waals surface area contributed by atoms with Gasteiger partial charge in [-0.2, -0.15) is 31.3 Å². The average Bonchev–Trinajstić information content (AvgIpc) is 2.72. The van der Waals surface area contributed by atoms with Gasteiger partial charge in [0, 0.05) is 11.5 Å². The molecule has 0 radical (unpaired) electrons. The zero-order valence-corrected chi connectivity index (χ0v) is 17.1. The van der Waals surface area contributed by atoms with Crippen molar-refractivity contribution in [2.75, 3.05) is 0 Å². The Morgan fingerprint density at radius 1 is 0.969 bits per heavy atom. The number of hydrogen-bond donors (Lipinski definition) is 0. The van der Waals surface area contributed by atoms with Gasteiger partial charge in [0.15, 0.2) is 6.23 Å². The highest BCUT2D eigenvalue weighted by Gasteiger charge is 2.39. The van der Waals surface area contributed by atoms with Gasteiger partial charge < -0.3 is 4.74 Å². The van der Waals surface area contributed by atoms with E-state index in [1.807, 2.05) is 37.3 Å². The highest BCUT2D eigenvalue weighted by Crippen LogP contribution is 2.43. The lowest BCUT2D eigenvalue weighted by atomic mass is 9.74. The second-order valence-corrected chi connectivity index (χ2v) is 7.93. The van der Waals surface area contributed by atoms with Crippen LogP contribution in [0.4, 0.5) is 26.3 Å². The average molecular weight is 457 g/mol. The minimum atomic E-state index is -5.02. The van der Waals surface area contributed by atoms with Crippen LogP contribution in [0.1, 0.15) is 60.6 Å². The Hall–Kier alpha value is -2.64. The minimum Gasteiger partial charge on any atom is -0.348 e. The van der Waals surface area contributed by atoms with Crippen LogP contribution in [0.3, 0.4) is 0 Å². The molecule has 9 heteroatoms. The summed E-state index contributed by atoms with van der Waals surface area (Å²) in [5, 5.41) is 0. The first-order valence-electron chi connectivity index (χ1n) is 10.1. The summed E-state index contributed by atoms with van der Waals surface area (Å²) in [7, 11) is 0. The Bertz CT molecular complexity index is 934. The van der Waals surface area contributed by atoms with Crippen LogP contribution in [-0.2, 0) is 21.9 Å². The fourth-order valence-corrected chi connectivity index (χ4v) is 4.26. The molecule has 0 heterocycles. The van der Waals surface area contributed by atoms with E-state index in [2.05, 4.69) is 4.99 Å². The van der Waals surface area contributed by atoms with E-state index in [-0.39, 0.29) is 17.9 Å². The molecule has 3 rings (SSSR count). The van der Waals surface area contributed by atoms with Gasteiger partial charge >= 0.3 is 12.4 Å². The SMILES string of the molecule is CC1CCCC(OC(N=C=O)c2cc(C(F)(F)F)cc(C(F)(F)F)c2)C1c1ccccc1. The lowest BCUT2D eigenvalue weighted by molar-refractivity contribution is -0.143. The molecule has 0 aromatic heterocycles. The molecule has 4 unspecified atom stereocenters. The van der Waals surface area contributed by atoms with Gasteiger partial charge in [-0.1, -0.05) is 43.7 Å². The normalized spacial score (nSPS) is 22.8. The fraction of sp³-hybridized carbons (Fsp3) is 0.435. The number of alkyl halides is 6. The molecule has 1 aliphatic carbocycles. The number of ether oxygens (including phenoxy) is 1. The quantitative estimate of drug-likeness (QED) is 0.274. The fourth-order valence-electron chi connectivity index (χ4n) is 4.26. The van der Waals surface area contributed by atoms with Crippen molar-refractivity contribution in [1.82, 2.24) is 0 Å². The molecule has 4 atom stereocenters.